The lowest BCUT2D eigenvalue weighted by Gasteiger charge is -2.47. The lowest BCUT2D eigenvalue weighted by Crippen LogP contribution is -2.64. The molecule has 0 unspecified atom stereocenters. The fourth-order valence-corrected chi connectivity index (χ4v) is 6.32. The van der Waals surface area contributed by atoms with Crippen molar-refractivity contribution in [2.75, 3.05) is 0 Å². The standard InChI is InChI=1S/C23H21N3O5S/c1-11-15(18(23(30)31)26-17(11)16(12(2)27)21(26)29)14-9-25-10-24(3)19(22(25)32-14)20(28)13-7-5-4-6-8-13/h4-12,16-17,27H,1-3H3/t11-,12+,16+,17+/m0/s1. The second-order valence-electron chi connectivity index (χ2n) is 8.38. The summed E-state index contributed by atoms with van der Waals surface area (Å²) in [4.78, 5) is 40.3. The molecular formula is C23H21N3O5S. The fraction of sp³-hybridized carbons (Fsp3) is 0.304. The Bertz CT molecular complexity index is 1320. The largest absolute Gasteiger partial charge is 0.543 e. The van der Waals surface area contributed by atoms with Crippen LogP contribution >= 0.6 is 11.3 Å². The Hall–Kier alpha value is -3.30. The molecule has 1 amide bonds. The number of carboxylic acids is 1. The van der Waals surface area contributed by atoms with Gasteiger partial charge in [-0.15, -0.1) is 0 Å². The molecule has 0 radical (unpaired) electrons. The molecule has 3 aromatic rings. The highest BCUT2D eigenvalue weighted by molar-refractivity contribution is 7.18. The van der Waals surface area contributed by atoms with Crippen molar-refractivity contribution >= 4 is 39.4 Å². The maximum Gasteiger partial charge on any atom is 0.250 e. The van der Waals surface area contributed by atoms with Gasteiger partial charge in [-0.2, -0.15) is 4.40 Å². The van der Waals surface area contributed by atoms with Crippen LogP contribution < -0.4 is 9.51 Å². The molecule has 2 aromatic heterocycles. The Kier molecular flexibility index (Phi) is 4.58. The number of carbonyl (C=O) groups is 3. The van der Waals surface area contributed by atoms with Gasteiger partial charge in [0.2, 0.25) is 28.5 Å². The Labute approximate surface area is 187 Å². The van der Waals surface area contributed by atoms with Crippen LogP contribution in [0, 0.1) is 11.8 Å². The molecule has 2 aliphatic heterocycles. The van der Waals surface area contributed by atoms with Crippen LogP contribution in [0.3, 0.4) is 0 Å². The number of β-lactam (4-membered cyclic amide) rings is 1. The quantitative estimate of drug-likeness (QED) is 0.343. The molecule has 1 fully saturated rings. The summed E-state index contributed by atoms with van der Waals surface area (Å²) in [5.74, 6) is -2.90. The van der Waals surface area contributed by atoms with E-state index in [0.29, 0.717) is 26.5 Å². The highest BCUT2D eigenvalue weighted by Crippen LogP contribution is 2.51. The number of ketones is 1. The number of aliphatic hydroxyl groups is 1. The molecule has 1 saturated heterocycles. The van der Waals surface area contributed by atoms with Crippen LogP contribution in [-0.4, -0.2) is 44.4 Å². The summed E-state index contributed by atoms with van der Waals surface area (Å²) in [5, 5.41) is 22.1. The first-order chi connectivity index (χ1) is 15.2. The van der Waals surface area contributed by atoms with Crippen LogP contribution in [0.25, 0.3) is 10.4 Å². The number of rotatable bonds is 5. The Morgan fingerprint density at radius 1 is 1.25 bits per heavy atom. The zero-order valence-corrected chi connectivity index (χ0v) is 18.5. The molecule has 1 aromatic carbocycles. The maximum absolute atomic E-state index is 13.2. The minimum Gasteiger partial charge on any atom is -0.543 e. The highest BCUT2D eigenvalue weighted by atomic mass is 32.1. The van der Waals surface area contributed by atoms with Gasteiger partial charge in [0.05, 0.1) is 41.7 Å². The van der Waals surface area contributed by atoms with Crippen molar-refractivity contribution in [1.82, 2.24) is 9.47 Å². The Morgan fingerprint density at radius 3 is 2.56 bits per heavy atom. The van der Waals surface area contributed by atoms with Crippen molar-refractivity contribution in [1.29, 1.82) is 0 Å². The van der Waals surface area contributed by atoms with Gasteiger partial charge >= 0.3 is 0 Å². The second kappa shape index (κ2) is 7.11. The lowest BCUT2D eigenvalue weighted by atomic mass is 9.77. The smallest absolute Gasteiger partial charge is 0.250 e. The third-order valence-corrected chi connectivity index (χ3v) is 7.58. The minimum absolute atomic E-state index is 0.134. The van der Waals surface area contributed by atoms with Gasteiger partial charge in [0.25, 0.3) is 0 Å². The van der Waals surface area contributed by atoms with E-state index >= 15 is 0 Å². The van der Waals surface area contributed by atoms with Crippen molar-refractivity contribution < 1.29 is 29.0 Å². The number of aryl methyl sites for hydroxylation is 1. The van der Waals surface area contributed by atoms with E-state index in [0.717, 1.165) is 0 Å². The van der Waals surface area contributed by atoms with E-state index < -0.39 is 29.9 Å². The van der Waals surface area contributed by atoms with Crippen molar-refractivity contribution in [2.45, 2.75) is 26.0 Å². The molecule has 4 atom stereocenters. The summed E-state index contributed by atoms with van der Waals surface area (Å²) >= 11 is 1.30. The van der Waals surface area contributed by atoms with E-state index in [4.69, 9.17) is 0 Å². The van der Waals surface area contributed by atoms with Gasteiger partial charge in [0.1, 0.15) is 6.20 Å². The number of carbonyl (C=O) groups excluding carboxylic acids is 3. The molecule has 0 saturated carbocycles. The van der Waals surface area contributed by atoms with Crippen LogP contribution in [0.2, 0.25) is 0 Å². The molecule has 0 bridgehead atoms. The van der Waals surface area contributed by atoms with Crippen LogP contribution in [0.5, 0.6) is 0 Å². The molecule has 0 spiro atoms. The normalized spacial score (nSPS) is 23.4. The van der Waals surface area contributed by atoms with Gasteiger partial charge in [0, 0.05) is 17.1 Å². The van der Waals surface area contributed by atoms with Gasteiger partial charge < -0.3 is 19.9 Å². The zero-order chi connectivity index (χ0) is 22.9. The van der Waals surface area contributed by atoms with E-state index in [2.05, 4.69) is 0 Å². The van der Waals surface area contributed by atoms with E-state index in [1.165, 1.54) is 16.2 Å². The summed E-state index contributed by atoms with van der Waals surface area (Å²) < 4.78 is 3.55. The number of hydrogen-bond acceptors (Lipinski definition) is 6. The minimum atomic E-state index is -1.42. The topological polar surface area (TPSA) is 107 Å². The summed E-state index contributed by atoms with van der Waals surface area (Å²) in [5.41, 5.74) is 1.41. The van der Waals surface area contributed by atoms with Gasteiger partial charge in [-0.3, -0.25) is 9.59 Å². The van der Waals surface area contributed by atoms with Gasteiger partial charge in [0.15, 0.2) is 0 Å². The van der Waals surface area contributed by atoms with Crippen molar-refractivity contribution in [3.63, 3.8) is 0 Å². The molecular weight excluding hydrogens is 430 g/mol. The third kappa shape index (κ3) is 2.71. The number of nitrogens with zero attached hydrogens (tertiary/aromatic N) is 3. The van der Waals surface area contributed by atoms with Crippen LogP contribution in [-0.2, 0) is 16.6 Å². The number of thiazole rings is 1. The second-order valence-corrected chi connectivity index (χ2v) is 9.41. The zero-order valence-electron chi connectivity index (χ0n) is 17.7. The van der Waals surface area contributed by atoms with Gasteiger partial charge in [-0.1, -0.05) is 48.6 Å². The monoisotopic (exact) mass is 451 g/mol. The first-order valence-corrected chi connectivity index (χ1v) is 11.1. The number of aromatic nitrogens is 2. The van der Waals surface area contributed by atoms with Crippen LogP contribution in [0.15, 0.2) is 48.6 Å². The number of hydrogen-bond donors (Lipinski definition) is 1. The molecule has 5 rings (SSSR count). The predicted molar refractivity (Wildman–Crippen MR) is 113 cm³/mol. The van der Waals surface area contributed by atoms with E-state index in [9.17, 15) is 24.6 Å². The third-order valence-electron chi connectivity index (χ3n) is 6.43. The van der Waals surface area contributed by atoms with E-state index in [-0.39, 0.29) is 17.4 Å². The molecule has 8 nitrogen and oxygen atoms in total. The summed E-state index contributed by atoms with van der Waals surface area (Å²) in [7, 11) is 1.79. The highest BCUT2D eigenvalue weighted by Gasteiger charge is 2.59. The fourth-order valence-electron chi connectivity index (χ4n) is 5.01. The van der Waals surface area contributed by atoms with Crippen molar-refractivity contribution in [2.24, 2.45) is 18.9 Å². The Morgan fingerprint density at radius 2 is 1.94 bits per heavy atom. The number of aliphatic carboxylic acids is 1. The molecule has 32 heavy (non-hydrogen) atoms. The van der Waals surface area contributed by atoms with Crippen molar-refractivity contribution in [3.8, 4) is 0 Å². The Balaban J connectivity index is 1.63. The molecule has 164 valence electrons. The van der Waals surface area contributed by atoms with E-state index in [1.54, 1.807) is 59.7 Å². The van der Waals surface area contributed by atoms with Gasteiger partial charge in [-0.05, 0) is 6.92 Å². The number of aliphatic hydroxyl groups excluding tert-OH is 1. The first-order valence-electron chi connectivity index (χ1n) is 10.3. The van der Waals surface area contributed by atoms with Gasteiger partial charge in [-0.25, -0.2) is 4.57 Å². The number of fused-ring (bicyclic) bond motifs is 2. The number of imidazole rings is 1. The average Bonchev–Trinajstić information content (AvgIpc) is 3.34. The molecule has 4 heterocycles. The summed E-state index contributed by atoms with van der Waals surface area (Å²) in [6.45, 7) is 3.40. The summed E-state index contributed by atoms with van der Waals surface area (Å²) in [6.07, 6.45) is 2.68. The molecule has 0 aliphatic carbocycles. The average molecular weight is 452 g/mol. The molecule has 9 heteroatoms. The molecule has 1 N–H and O–H groups in total. The number of carboxylic acid groups (broad SMARTS) is 1. The van der Waals surface area contributed by atoms with Crippen molar-refractivity contribution in [3.05, 3.63) is 64.7 Å². The number of amides is 1. The maximum atomic E-state index is 13.2. The van der Waals surface area contributed by atoms with Crippen LogP contribution in [0.4, 0.5) is 0 Å². The molecule has 2 aliphatic rings. The predicted octanol–water partition coefficient (Wildman–Crippen LogP) is 0.375. The summed E-state index contributed by atoms with van der Waals surface area (Å²) in [6, 6.07) is 8.53. The van der Waals surface area contributed by atoms with E-state index in [1.807, 2.05) is 13.0 Å². The SMILES string of the molecule is C[C@@H](O)[C@H]1C(=O)N2C(C(=O)[O-])=C(c3c[n+]4cn(C)c(C(=O)c5ccccc5)c4s3)[C@H](C)[C@H]12. The first kappa shape index (κ1) is 20.6. The number of benzene rings is 1. The lowest BCUT2D eigenvalue weighted by molar-refractivity contribution is -0.508. The van der Waals surface area contributed by atoms with Crippen LogP contribution in [0.1, 0.15) is 34.8 Å².